The van der Waals surface area contributed by atoms with Crippen LogP contribution >= 0.6 is 0 Å². The van der Waals surface area contributed by atoms with Crippen LogP contribution in [0.5, 0.6) is 0 Å². The Labute approximate surface area is 123 Å². The molecule has 0 radical (unpaired) electrons. The van der Waals surface area contributed by atoms with Crippen molar-refractivity contribution < 1.29 is 9.59 Å². The van der Waals surface area contributed by atoms with Gasteiger partial charge >= 0.3 is 0 Å². The molecule has 116 valence electrons. The van der Waals surface area contributed by atoms with E-state index in [-0.39, 0.29) is 34.7 Å². The average molecular weight is 282 g/mol. The average Bonchev–Trinajstić information content (AvgIpc) is 2.24. The summed E-state index contributed by atoms with van der Waals surface area (Å²) in [5.41, 5.74) is -0.366. The maximum atomic E-state index is 12.1. The third-order valence-corrected chi connectivity index (χ3v) is 3.47. The molecule has 4 nitrogen and oxygen atoms in total. The molecule has 0 heterocycles. The first-order chi connectivity index (χ1) is 8.98. The highest BCUT2D eigenvalue weighted by Crippen LogP contribution is 2.29. The molecule has 4 heteroatoms. The van der Waals surface area contributed by atoms with Gasteiger partial charge in [0.25, 0.3) is 0 Å². The van der Waals surface area contributed by atoms with E-state index in [1.54, 1.807) is 0 Å². The van der Waals surface area contributed by atoms with Crippen LogP contribution in [0.25, 0.3) is 0 Å². The number of carbonyl (C=O) groups excluding carboxylic acids is 2. The van der Waals surface area contributed by atoms with Crippen molar-refractivity contribution >= 4 is 11.8 Å². The van der Waals surface area contributed by atoms with Crippen molar-refractivity contribution in [3.63, 3.8) is 0 Å². The summed E-state index contributed by atoms with van der Waals surface area (Å²) in [6, 6.07) is 0. The Hall–Kier alpha value is -1.06. The van der Waals surface area contributed by atoms with Crippen LogP contribution < -0.4 is 10.6 Å². The maximum absolute atomic E-state index is 12.1. The molecular formula is C16H30N2O2. The lowest BCUT2D eigenvalue weighted by Crippen LogP contribution is -2.47. The van der Waals surface area contributed by atoms with Gasteiger partial charge in [0, 0.05) is 22.9 Å². The van der Waals surface area contributed by atoms with E-state index in [0.29, 0.717) is 0 Å². The number of rotatable bonds is 2. The largest absolute Gasteiger partial charge is 0.351 e. The van der Waals surface area contributed by atoms with Crippen molar-refractivity contribution in [1.29, 1.82) is 0 Å². The Morgan fingerprint density at radius 3 is 1.15 bits per heavy atom. The fourth-order valence-electron chi connectivity index (χ4n) is 2.56. The fraction of sp³-hybridized carbons (Fsp3) is 0.875. The SMILES string of the molecule is CC(C)(C)NC(=O)C1CCC(C(=O)NC(C)(C)C)CC1. The second-order valence-corrected chi connectivity index (χ2v) is 8.03. The third-order valence-electron chi connectivity index (χ3n) is 3.47. The zero-order valence-corrected chi connectivity index (χ0v) is 13.8. The summed E-state index contributed by atoms with van der Waals surface area (Å²) in [5.74, 6) is 0.389. The van der Waals surface area contributed by atoms with E-state index in [2.05, 4.69) is 10.6 Å². The Morgan fingerprint density at radius 1 is 0.700 bits per heavy atom. The molecule has 0 aromatic rings. The monoisotopic (exact) mass is 282 g/mol. The van der Waals surface area contributed by atoms with Gasteiger partial charge in [0.2, 0.25) is 11.8 Å². The Balaban J connectivity index is 2.44. The van der Waals surface area contributed by atoms with Crippen LogP contribution in [0.4, 0.5) is 0 Å². The van der Waals surface area contributed by atoms with Crippen molar-refractivity contribution in [1.82, 2.24) is 10.6 Å². The quantitative estimate of drug-likeness (QED) is 0.818. The summed E-state index contributed by atoms with van der Waals surface area (Å²) in [4.78, 5) is 24.2. The number of hydrogen-bond acceptors (Lipinski definition) is 2. The minimum atomic E-state index is -0.183. The topological polar surface area (TPSA) is 58.2 Å². The Bertz CT molecular complexity index is 320. The molecule has 1 saturated carbocycles. The zero-order chi connectivity index (χ0) is 15.6. The first-order valence-electron chi connectivity index (χ1n) is 7.62. The molecule has 0 saturated heterocycles. The molecule has 0 aromatic heterocycles. The van der Waals surface area contributed by atoms with Crippen LogP contribution in [0.15, 0.2) is 0 Å². The molecule has 0 aromatic carbocycles. The van der Waals surface area contributed by atoms with Gasteiger partial charge in [-0.2, -0.15) is 0 Å². The minimum absolute atomic E-state index is 0.0629. The molecule has 1 fully saturated rings. The van der Waals surface area contributed by atoms with Crippen LogP contribution in [0.1, 0.15) is 67.2 Å². The summed E-state index contributed by atoms with van der Waals surface area (Å²) in [5, 5.41) is 6.06. The van der Waals surface area contributed by atoms with Crippen LogP contribution in [-0.2, 0) is 9.59 Å². The van der Waals surface area contributed by atoms with Crippen molar-refractivity contribution in [3.05, 3.63) is 0 Å². The maximum Gasteiger partial charge on any atom is 0.223 e. The molecule has 1 aliphatic carbocycles. The first kappa shape index (κ1) is 17.0. The fourth-order valence-corrected chi connectivity index (χ4v) is 2.56. The molecular weight excluding hydrogens is 252 g/mol. The third kappa shape index (κ3) is 5.93. The molecule has 0 unspecified atom stereocenters. The number of amides is 2. The van der Waals surface area contributed by atoms with Crippen LogP contribution in [-0.4, -0.2) is 22.9 Å². The van der Waals surface area contributed by atoms with Crippen molar-refractivity contribution in [2.75, 3.05) is 0 Å². The summed E-state index contributed by atoms with van der Waals surface area (Å²) >= 11 is 0. The highest BCUT2D eigenvalue weighted by atomic mass is 16.2. The lowest BCUT2D eigenvalue weighted by atomic mass is 9.80. The van der Waals surface area contributed by atoms with E-state index in [9.17, 15) is 9.59 Å². The normalized spacial score (nSPS) is 24.1. The summed E-state index contributed by atoms with van der Waals surface area (Å²) in [6.07, 6.45) is 3.24. The summed E-state index contributed by atoms with van der Waals surface area (Å²) in [6.45, 7) is 12.0. The van der Waals surface area contributed by atoms with Crippen LogP contribution in [0, 0.1) is 11.8 Å². The number of nitrogens with one attached hydrogen (secondary N) is 2. The molecule has 2 amide bonds. The molecule has 1 aliphatic rings. The summed E-state index contributed by atoms with van der Waals surface area (Å²) in [7, 11) is 0. The van der Waals surface area contributed by atoms with Crippen molar-refractivity contribution in [3.8, 4) is 0 Å². The smallest absolute Gasteiger partial charge is 0.223 e. The molecule has 0 atom stereocenters. The standard InChI is InChI=1S/C16H30N2O2/c1-15(2,3)17-13(19)11-7-9-12(10-8-11)14(20)18-16(4,5)6/h11-12H,7-10H2,1-6H3,(H,17,19)(H,18,20). The van der Waals surface area contributed by atoms with Gasteiger partial charge in [-0.05, 0) is 67.2 Å². The Morgan fingerprint density at radius 2 is 0.950 bits per heavy atom. The zero-order valence-electron chi connectivity index (χ0n) is 13.8. The number of hydrogen-bond donors (Lipinski definition) is 2. The highest BCUT2D eigenvalue weighted by Gasteiger charge is 2.32. The van der Waals surface area contributed by atoms with Gasteiger partial charge in [-0.1, -0.05) is 0 Å². The van der Waals surface area contributed by atoms with Gasteiger partial charge in [0.05, 0.1) is 0 Å². The second-order valence-electron chi connectivity index (χ2n) is 8.03. The molecule has 1 rings (SSSR count). The van der Waals surface area contributed by atoms with Gasteiger partial charge in [-0.3, -0.25) is 9.59 Å². The predicted octanol–water partition coefficient (Wildman–Crippen LogP) is 2.62. The molecule has 0 aliphatic heterocycles. The van der Waals surface area contributed by atoms with Gasteiger partial charge in [-0.25, -0.2) is 0 Å². The number of carbonyl (C=O) groups is 2. The van der Waals surface area contributed by atoms with E-state index < -0.39 is 0 Å². The predicted molar refractivity (Wildman–Crippen MR) is 81.2 cm³/mol. The van der Waals surface area contributed by atoms with Crippen molar-refractivity contribution in [2.45, 2.75) is 78.3 Å². The highest BCUT2D eigenvalue weighted by molar-refractivity contribution is 5.81. The van der Waals surface area contributed by atoms with Gasteiger partial charge in [-0.15, -0.1) is 0 Å². The summed E-state index contributed by atoms with van der Waals surface area (Å²) < 4.78 is 0. The van der Waals surface area contributed by atoms with Gasteiger partial charge in [0.1, 0.15) is 0 Å². The Kier molecular flexibility index (Phi) is 5.22. The van der Waals surface area contributed by atoms with Crippen molar-refractivity contribution in [2.24, 2.45) is 11.8 Å². The first-order valence-corrected chi connectivity index (χ1v) is 7.62. The van der Waals surface area contributed by atoms with E-state index in [1.165, 1.54) is 0 Å². The van der Waals surface area contributed by atoms with E-state index in [1.807, 2.05) is 41.5 Å². The second kappa shape index (κ2) is 6.15. The van der Waals surface area contributed by atoms with Crippen LogP contribution in [0.2, 0.25) is 0 Å². The molecule has 0 spiro atoms. The molecule has 2 N–H and O–H groups in total. The molecule has 20 heavy (non-hydrogen) atoms. The minimum Gasteiger partial charge on any atom is -0.351 e. The van der Waals surface area contributed by atoms with Crippen LogP contribution in [0.3, 0.4) is 0 Å². The van der Waals surface area contributed by atoms with E-state index in [0.717, 1.165) is 25.7 Å². The molecule has 0 bridgehead atoms. The van der Waals surface area contributed by atoms with Gasteiger partial charge in [0.15, 0.2) is 0 Å². The van der Waals surface area contributed by atoms with Gasteiger partial charge < -0.3 is 10.6 Å². The van der Waals surface area contributed by atoms with E-state index in [4.69, 9.17) is 0 Å². The van der Waals surface area contributed by atoms with E-state index >= 15 is 0 Å². The lowest BCUT2D eigenvalue weighted by molar-refractivity contribution is -0.132. The lowest BCUT2D eigenvalue weighted by Gasteiger charge is -2.31.